The fourth-order valence-corrected chi connectivity index (χ4v) is 3.40. The third-order valence-electron chi connectivity index (χ3n) is 4.65. The Morgan fingerprint density at radius 1 is 1.38 bits per heavy atom. The molecule has 1 saturated heterocycles. The lowest BCUT2D eigenvalue weighted by molar-refractivity contribution is 0.0959. The summed E-state index contributed by atoms with van der Waals surface area (Å²) in [6.07, 6.45) is 5.06. The molecule has 0 atom stereocenters. The molecule has 4 nitrogen and oxygen atoms in total. The van der Waals surface area contributed by atoms with Crippen molar-refractivity contribution in [3.63, 3.8) is 0 Å². The van der Waals surface area contributed by atoms with E-state index in [1.807, 2.05) is 0 Å². The van der Waals surface area contributed by atoms with Gasteiger partial charge in [0.1, 0.15) is 5.75 Å². The maximum atomic E-state index is 12.5. The monoisotopic (exact) mass is 374 g/mol. The van der Waals surface area contributed by atoms with Gasteiger partial charge in [0.15, 0.2) is 5.78 Å². The Balaban J connectivity index is 0.00000288. The number of carbonyl (C=O) groups is 1. The highest BCUT2D eigenvalue weighted by Gasteiger charge is 2.21. The summed E-state index contributed by atoms with van der Waals surface area (Å²) in [7, 11) is 1.54. The van der Waals surface area contributed by atoms with Gasteiger partial charge in [0.2, 0.25) is 0 Å². The minimum Gasteiger partial charge on any atom is -0.496 e. The van der Waals surface area contributed by atoms with Gasteiger partial charge in [-0.05, 0) is 57.3 Å². The van der Waals surface area contributed by atoms with Crippen LogP contribution in [0.2, 0.25) is 5.02 Å². The van der Waals surface area contributed by atoms with E-state index in [0.717, 1.165) is 19.5 Å². The summed E-state index contributed by atoms with van der Waals surface area (Å²) in [5.41, 5.74) is 6.74. The van der Waals surface area contributed by atoms with Gasteiger partial charge in [0, 0.05) is 12.5 Å². The zero-order valence-corrected chi connectivity index (χ0v) is 16.1. The lowest BCUT2D eigenvalue weighted by atomic mass is 9.90. The number of anilines is 1. The first-order chi connectivity index (χ1) is 11.0. The Hall–Kier alpha value is -0.970. The number of hydrogen-bond donors (Lipinski definition) is 1. The van der Waals surface area contributed by atoms with Gasteiger partial charge in [-0.3, -0.25) is 4.79 Å². The van der Waals surface area contributed by atoms with Crippen molar-refractivity contribution in [1.29, 1.82) is 0 Å². The SMILES string of the molecule is CCCN1CCC(CCC(=O)c2cc(Cl)c(N)cc2OC)CC1.Cl. The molecule has 0 spiro atoms. The van der Waals surface area contributed by atoms with Crippen LogP contribution in [0.4, 0.5) is 5.69 Å². The molecule has 1 heterocycles. The molecule has 0 bridgehead atoms. The summed E-state index contributed by atoms with van der Waals surface area (Å²) >= 11 is 6.04. The molecule has 0 radical (unpaired) electrons. The number of rotatable bonds is 7. The summed E-state index contributed by atoms with van der Waals surface area (Å²) in [6.45, 7) is 5.72. The van der Waals surface area contributed by atoms with Crippen molar-refractivity contribution >= 4 is 35.5 Å². The Bertz CT molecular complexity index is 544. The van der Waals surface area contributed by atoms with Crippen LogP contribution in [0.5, 0.6) is 5.75 Å². The van der Waals surface area contributed by atoms with Crippen LogP contribution in [0.25, 0.3) is 0 Å². The molecule has 1 aliphatic heterocycles. The molecular formula is C18H28Cl2N2O2. The van der Waals surface area contributed by atoms with Crippen LogP contribution in [0.15, 0.2) is 12.1 Å². The Kier molecular flexibility index (Phi) is 8.88. The Morgan fingerprint density at radius 2 is 2.04 bits per heavy atom. The minimum absolute atomic E-state index is 0. The number of nitrogens with zero attached hydrogens (tertiary/aromatic N) is 1. The van der Waals surface area contributed by atoms with E-state index in [4.69, 9.17) is 22.1 Å². The number of benzene rings is 1. The maximum Gasteiger partial charge on any atom is 0.166 e. The van der Waals surface area contributed by atoms with Gasteiger partial charge >= 0.3 is 0 Å². The predicted molar refractivity (Wildman–Crippen MR) is 103 cm³/mol. The number of carbonyl (C=O) groups excluding carboxylic acids is 1. The standard InChI is InChI=1S/C18H27ClN2O2.ClH/c1-3-8-21-9-6-13(7-10-21)4-5-17(22)14-11-15(19)16(20)12-18(14)23-2;/h11-13H,3-10,20H2,1-2H3;1H. The topological polar surface area (TPSA) is 55.6 Å². The molecule has 0 aromatic heterocycles. The van der Waals surface area contributed by atoms with E-state index in [1.54, 1.807) is 19.2 Å². The van der Waals surface area contributed by atoms with Crippen molar-refractivity contribution in [2.24, 2.45) is 5.92 Å². The average Bonchev–Trinajstić information content (AvgIpc) is 2.56. The molecule has 1 aromatic carbocycles. The van der Waals surface area contributed by atoms with Crippen molar-refractivity contribution in [3.05, 3.63) is 22.7 Å². The molecule has 0 unspecified atom stereocenters. The van der Waals surface area contributed by atoms with E-state index >= 15 is 0 Å². The quantitative estimate of drug-likeness (QED) is 0.566. The summed E-state index contributed by atoms with van der Waals surface area (Å²) < 4.78 is 5.27. The molecule has 24 heavy (non-hydrogen) atoms. The lowest BCUT2D eigenvalue weighted by Gasteiger charge is -2.31. The van der Waals surface area contributed by atoms with E-state index < -0.39 is 0 Å². The molecule has 0 amide bonds. The molecule has 1 aliphatic rings. The highest BCUT2D eigenvalue weighted by Crippen LogP contribution is 2.31. The van der Waals surface area contributed by atoms with Crippen LogP contribution in [-0.4, -0.2) is 37.4 Å². The van der Waals surface area contributed by atoms with Crippen molar-refractivity contribution in [1.82, 2.24) is 4.90 Å². The highest BCUT2D eigenvalue weighted by atomic mass is 35.5. The molecule has 1 aromatic rings. The zero-order valence-electron chi connectivity index (χ0n) is 14.5. The second-order valence-corrected chi connectivity index (χ2v) is 6.73. The van der Waals surface area contributed by atoms with Gasteiger partial charge in [0.05, 0.1) is 23.4 Å². The molecule has 0 saturated carbocycles. The van der Waals surface area contributed by atoms with Gasteiger partial charge in [-0.1, -0.05) is 18.5 Å². The smallest absolute Gasteiger partial charge is 0.166 e. The van der Waals surface area contributed by atoms with Crippen molar-refractivity contribution in [2.75, 3.05) is 32.5 Å². The third kappa shape index (κ3) is 5.54. The zero-order chi connectivity index (χ0) is 16.8. The van der Waals surface area contributed by atoms with Gasteiger partial charge in [-0.2, -0.15) is 0 Å². The molecule has 2 rings (SSSR count). The average molecular weight is 375 g/mol. The number of halogens is 2. The number of ketones is 1. The number of methoxy groups -OCH3 is 1. The minimum atomic E-state index is 0. The van der Waals surface area contributed by atoms with Crippen LogP contribution in [0, 0.1) is 5.92 Å². The summed E-state index contributed by atoms with van der Waals surface area (Å²) in [5.74, 6) is 1.23. The number of nitrogens with two attached hydrogens (primary N) is 1. The summed E-state index contributed by atoms with van der Waals surface area (Å²) in [5, 5.41) is 0.405. The van der Waals surface area contributed by atoms with E-state index in [2.05, 4.69) is 11.8 Å². The van der Waals surface area contributed by atoms with Crippen molar-refractivity contribution < 1.29 is 9.53 Å². The van der Waals surface area contributed by atoms with E-state index in [0.29, 0.717) is 34.4 Å². The van der Waals surface area contributed by atoms with E-state index in [-0.39, 0.29) is 18.2 Å². The second kappa shape index (κ2) is 10.1. The number of Topliss-reactive ketones (excluding diaryl/α,β-unsaturated/α-hetero) is 1. The normalized spacial score (nSPS) is 15.8. The first kappa shape index (κ1) is 21.1. The molecule has 6 heteroatoms. The first-order valence-corrected chi connectivity index (χ1v) is 8.81. The molecular weight excluding hydrogens is 347 g/mol. The van der Waals surface area contributed by atoms with Crippen molar-refractivity contribution in [3.8, 4) is 5.75 Å². The van der Waals surface area contributed by atoms with Crippen LogP contribution in [0.3, 0.4) is 0 Å². The number of ether oxygens (including phenoxy) is 1. The van der Waals surface area contributed by atoms with Gasteiger partial charge in [0.25, 0.3) is 0 Å². The predicted octanol–water partition coefficient (Wildman–Crippen LogP) is 4.44. The van der Waals surface area contributed by atoms with Gasteiger partial charge in [-0.15, -0.1) is 12.4 Å². The molecule has 0 aliphatic carbocycles. The first-order valence-electron chi connectivity index (χ1n) is 8.43. The Morgan fingerprint density at radius 3 is 2.62 bits per heavy atom. The number of piperidine rings is 1. The largest absolute Gasteiger partial charge is 0.496 e. The van der Waals surface area contributed by atoms with Crippen LogP contribution >= 0.6 is 24.0 Å². The fraction of sp³-hybridized carbons (Fsp3) is 0.611. The Labute approximate surface area is 156 Å². The maximum absolute atomic E-state index is 12.5. The van der Waals surface area contributed by atoms with Crippen LogP contribution < -0.4 is 10.5 Å². The number of hydrogen-bond acceptors (Lipinski definition) is 4. The highest BCUT2D eigenvalue weighted by molar-refractivity contribution is 6.33. The fourth-order valence-electron chi connectivity index (χ4n) is 3.24. The van der Waals surface area contributed by atoms with E-state index in [9.17, 15) is 4.79 Å². The lowest BCUT2D eigenvalue weighted by Crippen LogP contribution is -2.34. The van der Waals surface area contributed by atoms with Crippen molar-refractivity contribution in [2.45, 2.75) is 39.0 Å². The molecule has 1 fully saturated rings. The van der Waals surface area contributed by atoms with E-state index in [1.165, 1.54) is 25.8 Å². The third-order valence-corrected chi connectivity index (χ3v) is 4.97. The van der Waals surface area contributed by atoms with Gasteiger partial charge in [-0.25, -0.2) is 0 Å². The second-order valence-electron chi connectivity index (χ2n) is 6.32. The number of likely N-dealkylation sites (tertiary alicyclic amines) is 1. The van der Waals surface area contributed by atoms with Gasteiger partial charge < -0.3 is 15.4 Å². The van der Waals surface area contributed by atoms with Crippen LogP contribution in [-0.2, 0) is 0 Å². The molecule has 136 valence electrons. The number of nitrogen functional groups attached to an aromatic ring is 1. The molecule has 2 N–H and O–H groups in total. The summed E-state index contributed by atoms with van der Waals surface area (Å²) in [4.78, 5) is 15.0. The summed E-state index contributed by atoms with van der Waals surface area (Å²) in [6, 6.07) is 3.25. The van der Waals surface area contributed by atoms with Crippen LogP contribution in [0.1, 0.15) is 49.4 Å².